The summed E-state index contributed by atoms with van der Waals surface area (Å²) in [6.45, 7) is 9.72. The van der Waals surface area contributed by atoms with Crippen LogP contribution in [0, 0.1) is 11.3 Å². The highest BCUT2D eigenvalue weighted by Gasteiger charge is 2.35. The fourth-order valence-electron chi connectivity index (χ4n) is 3.23. The molecule has 2 rings (SSSR count). The molecule has 2 N–H and O–H groups in total. The Balaban J connectivity index is 0.00000338. The largest absolute Gasteiger partial charge is 0.490 e. The van der Waals surface area contributed by atoms with Gasteiger partial charge in [0.05, 0.1) is 18.8 Å². The van der Waals surface area contributed by atoms with Crippen molar-refractivity contribution in [3.05, 3.63) is 24.5 Å². The van der Waals surface area contributed by atoms with Gasteiger partial charge in [-0.25, -0.2) is 0 Å². The predicted octanol–water partition coefficient (Wildman–Crippen LogP) is 3.08. The van der Waals surface area contributed by atoms with Crippen molar-refractivity contribution in [1.82, 2.24) is 15.6 Å². The first-order valence-corrected chi connectivity index (χ1v) is 9.09. The minimum absolute atomic E-state index is 0. The van der Waals surface area contributed by atoms with E-state index in [1.54, 1.807) is 19.4 Å². The van der Waals surface area contributed by atoms with Gasteiger partial charge in [0.1, 0.15) is 12.4 Å². The van der Waals surface area contributed by atoms with Crippen LogP contribution in [0.3, 0.4) is 0 Å². The molecule has 0 bridgehead atoms. The molecule has 2 atom stereocenters. The summed E-state index contributed by atoms with van der Waals surface area (Å²) >= 11 is 0. The van der Waals surface area contributed by atoms with E-state index in [1.165, 1.54) is 6.42 Å². The Bertz CT molecular complexity index is 534. The van der Waals surface area contributed by atoms with Crippen LogP contribution < -0.4 is 15.4 Å². The number of hydrogen-bond acceptors (Lipinski definition) is 4. The zero-order valence-electron chi connectivity index (χ0n) is 16.3. The fourth-order valence-corrected chi connectivity index (χ4v) is 3.23. The summed E-state index contributed by atoms with van der Waals surface area (Å²) in [7, 11) is 1.79. The average Bonchev–Trinajstić information content (AvgIpc) is 2.61. The summed E-state index contributed by atoms with van der Waals surface area (Å²) in [4.78, 5) is 8.32. The molecule has 1 aromatic heterocycles. The minimum Gasteiger partial charge on any atom is -0.490 e. The van der Waals surface area contributed by atoms with Crippen LogP contribution >= 0.6 is 24.0 Å². The fraction of sp³-hybridized carbons (Fsp3) is 0.684. The number of hydrogen-bond donors (Lipinski definition) is 2. The quantitative estimate of drug-likeness (QED) is 0.286. The highest BCUT2D eigenvalue weighted by molar-refractivity contribution is 14.0. The van der Waals surface area contributed by atoms with Gasteiger partial charge in [-0.05, 0) is 30.4 Å². The molecule has 0 radical (unpaired) electrons. The second-order valence-corrected chi connectivity index (χ2v) is 7.48. The Morgan fingerprint density at radius 1 is 1.38 bits per heavy atom. The van der Waals surface area contributed by atoms with E-state index in [4.69, 9.17) is 9.47 Å². The highest BCUT2D eigenvalue weighted by Crippen LogP contribution is 2.33. The molecule has 1 saturated heterocycles. The van der Waals surface area contributed by atoms with Crippen molar-refractivity contribution in [1.29, 1.82) is 0 Å². The van der Waals surface area contributed by atoms with Gasteiger partial charge < -0.3 is 20.1 Å². The van der Waals surface area contributed by atoms with Crippen molar-refractivity contribution in [3.63, 3.8) is 0 Å². The predicted molar refractivity (Wildman–Crippen MR) is 116 cm³/mol. The molecule has 1 aromatic rings. The molecule has 0 aromatic carbocycles. The Labute approximate surface area is 174 Å². The van der Waals surface area contributed by atoms with Crippen LogP contribution in [0.15, 0.2) is 29.5 Å². The molecule has 7 heteroatoms. The monoisotopic (exact) mass is 476 g/mol. The molecule has 1 aliphatic heterocycles. The maximum absolute atomic E-state index is 6.04. The van der Waals surface area contributed by atoms with Crippen molar-refractivity contribution < 1.29 is 9.47 Å². The van der Waals surface area contributed by atoms with Crippen LogP contribution in [-0.4, -0.2) is 50.4 Å². The van der Waals surface area contributed by atoms with Crippen LogP contribution in [0.5, 0.6) is 5.75 Å². The number of guanidine groups is 1. The lowest BCUT2D eigenvalue weighted by Crippen LogP contribution is -2.48. The lowest BCUT2D eigenvalue weighted by molar-refractivity contribution is -0.0835. The maximum atomic E-state index is 6.04. The molecular formula is C19H33IN4O2. The van der Waals surface area contributed by atoms with Gasteiger partial charge >= 0.3 is 0 Å². The van der Waals surface area contributed by atoms with Crippen molar-refractivity contribution in [2.45, 2.75) is 39.7 Å². The van der Waals surface area contributed by atoms with E-state index >= 15 is 0 Å². The molecule has 6 nitrogen and oxygen atoms in total. The van der Waals surface area contributed by atoms with Gasteiger partial charge in [0.15, 0.2) is 5.96 Å². The normalized spacial score (nSPS) is 20.8. The molecule has 0 aliphatic carbocycles. The van der Waals surface area contributed by atoms with Crippen LogP contribution in [0.2, 0.25) is 0 Å². The first-order valence-electron chi connectivity index (χ1n) is 9.09. The number of aromatic nitrogens is 1. The number of nitrogens with zero attached hydrogens (tertiary/aromatic N) is 2. The van der Waals surface area contributed by atoms with Gasteiger partial charge in [-0.3, -0.25) is 9.98 Å². The van der Waals surface area contributed by atoms with E-state index in [2.05, 4.69) is 41.4 Å². The molecule has 0 amide bonds. The second kappa shape index (κ2) is 11.6. The third-order valence-electron chi connectivity index (χ3n) is 4.35. The maximum Gasteiger partial charge on any atom is 0.191 e. The number of pyridine rings is 1. The van der Waals surface area contributed by atoms with Crippen molar-refractivity contribution >= 4 is 29.9 Å². The topological polar surface area (TPSA) is 67.8 Å². The molecule has 148 valence electrons. The zero-order valence-corrected chi connectivity index (χ0v) is 18.7. The number of aliphatic imine (C=N–C) groups is 1. The molecule has 2 heterocycles. The van der Waals surface area contributed by atoms with E-state index < -0.39 is 0 Å². The van der Waals surface area contributed by atoms with E-state index in [0.717, 1.165) is 31.3 Å². The summed E-state index contributed by atoms with van der Waals surface area (Å²) in [5.41, 5.74) is 0.154. The van der Waals surface area contributed by atoms with Gasteiger partial charge in [0.2, 0.25) is 0 Å². The summed E-state index contributed by atoms with van der Waals surface area (Å²) in [5.74, 6) is 2.08. The first kappa shape index (κ1) is 23.0. The third-order valence-corrected chi connectivity index (χ3v) is 4.35. The smallest absolute Gasteiger partial charge is 0.191 e. The Morgan fingerprint density at radius 3 is 2.85 bits per heavy atom. The van der Waals surface area contributed by atoms with Gasteiger partial charge in [0.25, 0.3) is 0 Å². The lowest BCUT2D eigenvalue weighted by Gasteiger charge is -2.40. The van der Waals surface area contributed by atoms with E-state index in [0.29, 0.717) is 19.1 Å². The van der Waals surface area contributed by atoms with Gasteiger partial charge in [0, 0.05) is 32.3 Å². The van der Waals surface area contributed by atoms with Gasteiger partial charge in [-0.1, -0.05) is 20.8 Å². The minimum atomic E-state index is 0. The Kier molecular flexibility index (Phi) is 10.2. The number of nitrogens with one attached hydrogen (secondary N) is 2. The van der Waals surface area contributed by atoms with Gasteiger partial charge in [-0.15, -0.1) is 24.0 Å². The summed E-state index contributed by atoms with van der Waals surface area (Å²) < 4.78 is 11.7. The van der Waals surface area contributed by atoms with Crippen LogP contribution in [0.25, 0.3) is 0 Å². The van der Waals surface area contributed by atoms with Crippen LogP contribution in [-0.2, 0) is 4.74 Å². The first-order chi connectivity index (χ1) is 12.0. The lowest BCUT2D eigenvalue weighted by atomic mass is 9.78. The van der Waals surface area contributed by atoms with Crippen LogP contribution in [0.1, 0.15) is 33.6 Å². The molecule has 1 aliphatic rings. The number of ether oxygens (including phenoxy) is 2. The standard InChI is InChI=1S/C19H32N4O2.HI/c1-19(2,3)17-15(7-6-11-25-17)13-23-18(20-4)22-10-12-24-16-8-5-9-21-14-16;/h5,8-9,14-15,17H,6-7,10-13H2,1-4H3,(H2,20,22,23);1H. The molecule has 0 saturated carbocycles. The van der Waals surface area contributed by atoms with Crippen LogP contribution in [0.4, 0.5) is 0 Å². The SMILES string of the molecule is CN=C(NCCOc1cccnc1)NCC1CCCOC1C(C)(C)C.I. The molecule has 26 heavy (non-hydrogen) atoms. The average molecular weight is 476 g/mol. The van der Waals surface area contributed by atoms with Crippen molar-refractivity contribution in [2.24, 2.45) is 16.3 Å². The van der Waals surface area contributed by atoms with E-state index in [-0.39, 0.29) is 35.5 Å². The summed E-state index contributed by atoms with van der Waals surface area (Å²) in [6.07, 6.45) is 6.04. The second-order valence-electron chi connectivity index (χ2n) is 7.48. The van der Waals surface area contributed by atoms with Crippen molar-refractivity contribution in [2.75, 3.05) is 33.4 Å². The molecule has 0 spiro atoms. The third kappa shape index (κ3) is 7.65. The molecule has 2 unspecified atom stereocenters. The molecule has 1 fully saturated rings. The Morgan fingerprint density at radius 2 is 2.19 bits per heavy atom. The number of halogens is 1. The summed E-state index contributed by atoms with van der Waals surface area (Å²) in [6, 6.07) is 3.76. The number of rotatable bonds is 6. The highest BCUT2D eigenvalue weighted by atomic mass is 127. The van der Waals surface area contributed by atoms with Gasteiger partial charge in [-0.2, -0.15) is 0 Å². The molecular weight excluding hydrogens is 443 g/mol. The summed E-state index contributed by atoms with van der Waals surface area (Å²) in [5, 5.41) is 6.72. The van der Waals surface area contributed by atoms with Crippen molar-refractivity contribution in [3.8, 4) is 5.75 Å². The zero-order chi connectivity index (χ0) is 18.1. The van der Waals surface area contributed by atoms with E-state index in [1.807, 2.05) is 12.1 Å². The van der Waals surface area contributed by atoms with E-state index in [9.17, 15) is 0 Å². The Hall–Kier alpha value is -1.09.